The summed E-state index contributed by atoms with van der Waals surface area (Å²) in [7, 11) is -0.889. The van der Waals surface area contributed by atoms with E-state index in [2.05, 4.69) is 24.3 Å². The van der Waals surface area contributed by atoms with Crippen molar-refractivity contribution in [2.75, 3.05) is 19.3 Å². The minimum absolute atomic E-state index is 0.0833. The molecule has 1 fully saturated rings. The van der Waals surface area contributed by atoms with Crippen LogP contribution in [0, 0.1) is 0 Å². The van der Waals surface area contributed by atoms with Crippen LogP contribution in [0.3, 0.4) is 0 Å². The number of thiophene rings is 1. The Bertz CT molecular complexity index is 1390. The minimum atomic E-state index is -0.889. The molecule has 0 bridgehead atoms. The number of rotatable bonds is 7. The van der Waals surface area contributed by atoms with E-state index in [1.54, 1.807) is 23.1 Å². The van der Waals surface area contributed by atoms with Gasteiger partial charge in [0.2, 0.25) is 0 Å². The second-order valence-corrected chi connectivity index (χ2v) is 13.6. The number of benzene rings is 2. The molecule has 40 heavy (non-hydrogen) atoms. The Morgan fingerprint density at radius 2 is 1.88 bits per heavy atom. The van der Waals surface area contributed by atoms with E-state index in [-0.39, 0.29) is 11.9 Å². The first-order valence-corrected chi connectivity index (χ1v) is 15.9. The standard InChI is InChI=1S/C31H36BNO5S2/c1-31(2,3)38-28(34)12-11-20-7-5-8-22(17-20)21-13-15-33(16-14-21)29(35)27-18-24(30(39-4)40-27)23-9-6-10-26-25(23)19-37-32(26)36/h5-10,17-18,21,36H,11-16,19H2,1-4H3. The molecular formula is C31H36BNO5S2. The summed E-state index contributed by atoms with van der Waals surface area (Å²) >= 11 is 3.19. The lowest BCUT2D eigenvalue weighted by Gasteiger charge is -2.32. The topological polar surface area (TPSA) is 76.1 Å². The van der Waals surface area contributed by atoms with Crippen molar-refractivity contribution in [3.63, 3.8) is 0 Å². The smallest absolute Gasteiger partial charge is 0.460 e. The molecule has 2 aliphatic heterocycles. The molecule has 0 unspecified atom stereocenters. The fourth-order valence-electron chi connectivity index (χ4n) is 5.53. The summed E-state index contributed by atoms with van der Waals surface area (Å²) in [6.07, 6.45) is 4.89. The van der Waals surface area contributed by atoms with E-state index >= 15 is 0 Å². The number of thioether (sulfide) groups is 1. The first-order chi connectivity index (χ1) is 19.1. The fourth-order valence-corrected chi connectivity index (χ4v) is 7.40. The number of nitrogens with zero attached hydrogens (tertiary/aromatic N) is 1. The summed E-state index contributed by atoms with van der Waals surface area (Å²) < 4.78 is 12.0. The van der Waals surface area contributed by atoms with Crippen LogP contribution in [-0.4, -0.2) is 53.9 Å². The monoisotopic (exact) mass is 577 g/mol. The van der Waals surface area contributed by atoms with E-state index in [4.69, 9.17) is 9.39 Å². The number of carbonyl (C=O) groups is 2. The summed E-state index contributed by atoms with van der Waals surface area (Å²) in [5, 5.41) is 10.1. The molecular weight excluding hydrogens is 541 g/mol. The highest BCUT2D eigenvalue weighted by atomic mass is 32.2. The van der Waals surface area contributed by atoms with Crippen LogP contribution in [0.5, 0.6) is 0 Å². The van der Waals surface area contributed by atoms with Crippen LogP contribution >= 0.6 is 23.1 Å². The van der Waals surface area contributed by atoms with Crippen molar-refractivity contribution in [1.29, 1.82) is 0 Å². The maximum atomic E-state index is 13.6. The van der Waals surface area contributed by atoms with Crippen molar-refractivity contribution in [2.45, 2.75) is 68.8 Å². The number of piperidine rings is 1. The zero-order valence-electron chi connectivity index (χ0n) is 23.6. The molecule has 1 aromatic heterocycles. The van der Waals surface area contributed by atoms with Crippen LogP contribution in [0.1, 0.15) is 72.3 Å². The van der Waals surface area contributed by atoms with E-state index in [0.717, 1.165) is 49.6 Å². The lowest BCUT2D eigenvalue weighted by molar-refractivity contribution is -0.154. The van der Waals surface area contributed by atoms with E-state index in [1.807, 2.05) is 56.2 Å². The zero-order valence-corrected chi connectivity index (χ0v) is 25.2. The van der Waals surface area contributed by atoms with Gasteiger partial charge in [-0.3, -0.25) is 9.59 Å². The molecule has 2 aliphatic rings. The van der Waals surface area contributed by atoms with Gasteiger partial charge in [-0.05, 0) is 86.0 Å². The van der Waals surface area contributed by atoms with Gasteiger partial charge in [0, 0.05) is 25.1 Å². The number of esters is 1. The number of likely N-dealkylation sites (tertiary alicyclic amines) is 1. The van der Waals surface area contributed by atoms with Gasteiger partial charge in [-0.1, -0.05) is 42.5 Å². The Balaban J connectivity index is 1.23. The molecule has 5 rings (SSSR count). The summed E-state index contributed by atoms with van der Waals surface area (Å²) in [6.45, 7) is 7.46. The summed E-state index contributed by atoms with van der Waals surface area (Å²) in [4.78, 5) is 28.4. The van der Waals surface area contributed by atoms with Crippen molar-refractivity contribution in [1.82, 2.24) is 4.90 Å². The minimum Gasteiger partial charge on any atom is -0.460 e. The van der Waals surface area contributed by atoms with Gasteiger partial charge in [0.1, 0.15) is 5.60 Å². The number of aryl methyl sites for hydroxylation is 1. The highest BCUT2D eigenvalue weighted by Gasteiger charge is 2.31. The van der Waals surface area contributed by atoms with Crippen molar-refractivity contribution in [2.24, 2.45) is 0 Å². The highest BCUT2D eigenvalue weighted by Crippen LogP contribution is 2.40. The maximum absolute atomic E-state index is 13.6. The SMILES string of the molecule is CSc1sc(C(=O)N2CCC(c3cccc(CCC(=O)OC(C)(C)C)c3)CC2)cc1-c1cccc2c1COB2O. The zero-order chi connectivity index (χ0) is 28.4. The van der Waals surface area contributed by atoms with Crippen LogP contribution < -0.4 is 5.46 Å². The van der Waals surface area contributed by atoms with Crippen LogP contribution in [0.4, 0.5) is 0 Å². The summed E-state index contributed by atoms with van der Waals surface area (Å²) in [5.41, 5.74) is 5.82. The Morgan fingerprint density at radius 1 is 1.12 bits per heavy atom. The predicted molar refractivity (Wildman–Crippen MR) is 162 cm³/mol. The molecule has 210 valence electrons. The number of amides is 1. The van der Waals surface area contributed by atoms with Gasteiger partial charge in [0.25, 0.3) is 5.91 Å². The predicted octanol–water partition coefficient (Wildman–Crippen LogP) is 5.65. The third-order valence-corrected chi connectivity index (χ3v) is 9.75. The molecule has 1 saturated heterocycles. The molecule has 6 nitrogen and oxygen atoms in total. The lowest BCUT2D eigenvalue weighted by atomic mass is 9.78. The second-order valence-electron chi connectivity index (χ2n) is 11.5. The second kappa shape index (κ2) is 12.1. The molecule has 3 aromatic rings. The number of hydrogen-bond donors (Lipinski definition) is 1. The maximum Gasteiger partial charge on any atom is 0.491 e. The summed E-state index contributed by atoms with van der Waals surface area (Å²) in [6, 6.07) is 16.4. The number of carbonyl (C=O) groups excluding carboxylic acids is 2. The average Bonchev–Trinajstić information content (AvgIpc) is 3.55. The molecule has 0 atom stereocenters. The lowest BCUT2D eigenvalue weighted by Crippen LogP contribution is -2.37. The molecule has 9 heteroatoms. The van der Waals surface area contributed by atoms with E-state index < -0.39 is 12.7 Å². The molecule has 2 aromatic carbocycles. The molecule has 3 heterocycles. The first-order valence-electron chi connectivity index (χ1n) is 13.8. The van der Waals surface area contributed by atoms with Crippen LogP contribution in [0.25, 0.3) is 11.1 Å². The molecule has 0 aliphatic carbocycles. The van der Waals surface area contributed by atoms with E-state index in [9.17, 15) is 14.6 Å². The van der Waals surface area contributed by atoms with Gasteiger partial charge in [0.15, 0.2) is 0 Å². The quantitative estimate of drug-likeness (QED) is 0.222. The third kappa shape index (κ3) is 6.49. The van der Waals surface area contributed by atoms with Crippen molar-refractivity contribution in [3.8, 4) is 11.1 Å². The fraction of sp³-hybridized carbons (Fsp3) is 0.419. The van der Waals surface area contributed by atoms with Gasteiger partial charge in [-0.2, -0.15) is 0 Å². The Labute approximate surface area is 245 Å². The van der Waals surface area contributed by atoms with Crippen molar-refractivity contribution < 1.29 is 24.0 Å². The van der Waals surface area contributed by atoms with Gasteiger partial charge in [-0.25, -0.2) is 0 Å². The Hall–Kier alpha value is -2.59. The van der Waals surface area contributed by atoms with Crippen molar-refractivity contribution >= 4 is 47.6 Å². The van der Waals surface area contributed by atoms with Gasteiger partial charge >= 0.3 is 13.1 Å². The normalized spacial score (nSPS) is 15.8. The van der Waals surface area contributed by atoms with Crippen molar-refractivity contribution in [3.05, 3.63) is 70.1 Å². The Kier molecular flexibility index (Phi) is 8.76. The number of hydrogen-bond acceptors (Lipinski definition) is 7. The van der Waals surface area contributed by atoms with Crippen LogP contribution in [0.2, 0.25) is 0 Å². The number of fused-ring (bicyclic) bond motifs is 1. The van der Waals surface area contributed by atoms with Gasteiger partial charge in [-0.15, -0.1) is 23.1 Å². The Morgan fingerprint density at radius 3 is 2.60 bits per heavy atom. The van der Waals surface area contributed by atoms with Crippen LogP contribution in [0.15, 0.2) is 52.7 Å². The molecule has 0 spiro atoms. The van der Waals surface area contributed by atoms with E-state index in [1.165, 1.54) is 5.56 Å². The highest BCUT2D eigenvalue weighted by molar-refractivity contribution is 8.00. The third-order valence-electron chi connectivity index (χ3n) is 7.49. The number of ether oxygens (including phenoxy) is 1. The average molecular weight is 578 g/mol. The van der Waals surface area contributed by atoms with E-state index in [0.29, 0.717) is 38.5 Å². The molecule has 1 amide bonds. The van der Waals surface area contributed by atoms with Gasteiger partial charge in [0.05, 0.1) is 15.7 Å². The largest absolute Gasteiger partial charge is 0.491 e. The van der Waals surface area contributed by atoms with Gasteiger partial charge < -0.3 is 19.3 Å². The molecule has 1 N–H and O–H groups in total. The summed E-state index contributed by atoms with van der Waals surface area (Å²) in [5.74, 6) is 0.304. The first kappa shape index (κ1) is 28.9. The molecule has 0 radical (unpaired) electrons. The molecule has 0 saturated carbocycles. The van der Waals surface area contributed by atoms with Crippen LogP contribution in [-0.2, 0) is 27.2 Å².